The zero-order valence-corrected chi connectivity index (χ0v) is 18.4. The van der Waals surface area contributed by atoms with Crippen molar-refractivity contribution in [2.75, 3.05) is 27.3 Å². The first-order valence-electron chi connectivity index (χ1n) is 9.84. The molecule has 1 heterocycles. The van der Waals surface area contributed by atoms with E-state index < -0.39 is 15.4 Å². The Bertz CT molecular complexity index is 984. The molecule has 7 nitrogen and oxygen atoms in total. The van der Waals surface area contributed by atoms with Gasteiger partial charge in [0, 0.05) is 31.1 Å². The average Bonchev–Trinajstić information content (AvgIpc) is 2.77. The maximum Gasteiger partial charge on any atom is 0.243 e. The minimum absolute atomic E-state index is 0.0467. The number of amides is 1. The zero-order valence-electron chi connectivity index (χ0n) is 17.6. The molecule has 0 unspecified atom stereocenters. The Labute approximate surface area is 178 Å². The van der Waals surface area contributed by atoms with Crippen LogP contribution in [0.1, 0.15) is 25.3 Å². The van der Waals surface area contributed by atoms with Crippen LogP contribution in [-0.4, -0.2) is 45.9 Å². The molecule has 3 rings (SSSR count). The number of benzene rings is 2. The van der Waals surface area contributed by atoms with E-state index in [2.05, 4.69) is 5.32 Å². The van der Waals surface area contributed by atoms with Gasteiger partial charge >= 0.3 is 0 Å². The van der Waals surface area contributed by atoms with E-state index in [0.717, 1.165) is 5.56 Å². The van der Waals surface area contributed by atoms with Gasteiger partial charge in [-0.15, -0.1) is 0 Å². The quantitative estimate of drug-likeness (QED) is 0.727. The lowest BCUT2D eigenvalue weighted by Gasteiger charge is -2.37. The Morgan fingerprint density at radius 2 is 1.67 bits per heavy atom. The molecule has 1 aliphatic rings. The highest BCUT2D eigenvalue weighted by Crippen LogP contribution is 2.35. The van der Waals surface area contributed by atoms with E-state index in [9.17, 15) is 13.2 Å². The molecule has 2 aromatic carbocycles. The van der Waals surface area contributed by atoms with Gasteiger partial charge in [-0.1, -0.05) is 37.3 Å². The Kier molecular flexibility index (Phi) is 6.67. The van der Waals surface area contributed by atoms with Gasteiger partial charge in [-0.2, -0.15) is 4.31 Å². The number of piperidine rings is 1. The number of ether oxygens (including phenoxy) is 2. The van der Waals surface area contributed by atoms with Crippen LogP contribution >= 0.6 is 0 Å². The predicted octanol–water partition coefficient (Wildman–Crippen LogP) is 2.81. The standard InChI is InChI=1S/C22H28N2O5S/c1-22(21(25)23-16-17-7-5-4-6-8-17)11-13-24(14-12-22)30(26,27)18-9-10-19(28-2)20(15-18)29-3/h4-10,15H,11-14,16H2,1-3H3,(H,23,25). The van der Waals surface area contributed by atoms with Crippen molar-refractivity contribution in [3.63, 3.8) is 0 Å². The van der Waals surface area contributed by atoms with Crippen LogP contribution in [0.5, 0.6) is 11.5 Å². The number of rotatable bonds is 7. The molecule has 1 N–H and O–H groups in total. The number of carbonyl (C=O) groups is 1. The lowest BCUT2D eigenvalue weighted by atomic mass is 9.80. The SMILES string of the molecule is COc1ccc(S(=O)(=O)N2CCC(C)(C(=O)NCc3ccccc3)CC2)cc1OC. The Hall–Kier alpha value is -2.58. The molecule has 0 spiro atoms. The van der Waals surface area contributed by atoms with Gasteiger partial charge in [0.2, 0.25) is 15.9 Å². The summed E-state index contributed by atoms with van der Waals surface area (Å²) in [4.78, 5) is 12.9. The first-order chi connectivity index (χ1) is 14.3. The van der Waals surface area contributed by atoms with Crippen molar-refractivity contribution in [2.45, 2.75) is 31.2 Å². The summed E-state index contributed by atoms with van der Waals surface area (Å²) in [5, 5.41) is 2.98. The van der Waals surface area contributed by atoms with E-state index in [-0.39, 0.29) is 23.9 Å². The third-order valence-corrected chi connectivity index (χ3v) is 7.56. The van der Waals surface area contributed by atoms with Crippen LogP contribution in [0.25, 0.3) is 0 Å². The van der Waals surface area contributed by atoms with Gasteiger partial charge in [0.1, 0.15) is 0 Å². The van der Waals surface area contributed by atoms with Crippen LogP contribution in [0.4, 0.5) is 0 Å². The highest BCUT2D eigenvalue weighted by molar-refractivity contribution is 7.89. The minimum atomic E-state index is -3.68. The summed E-state index contributed by atoms with van der Waals surface area (Å²) in [6, 6.07) is 14.3. The van der Waals surface area contributed by atoms with Crippen molar-refractivity contribution < 1.29 is 22.7 Å². The Morgan fingerprint density at radius 1 is 1.03 bits per heavy atom. The molecule has 30 heavy (non-hydrogen) atoms. The molecule has 0 aliphatic carbocycles. The zero-order chi connectivity index (χ0) is 21.8. The van der Waals surface area contributed by atoms with Crippen LogP contribution in [0.15, 0.2) is 53.4 Å². The van der Waals surface area contributed by atoms with Gasteiger partial charge < -0.3 is 14.8 Å². The second kappa shape index (κ2) is 9.06. The monoisotopic (exact) mass is 432 g/mol. The van der Waals surface area contributed by atoms with Crippen LogP contribution in [0.3, 0.4) is 0 Å². The maximum atomic E-state index is 13.1. The first kappa shape index (κ1) is 22.1. The molecule has 1 saturated heterocycles. The molecule has 8 heteroatoms. The molecule has 162 valence electrons. The van der Waals surface area contributed by atoms with E-state index in [4.69, 9.17) is 9.47 Å². The van der Waals surface area contributed by atoms with E-state index in [0.29, 0.717) is 30.9 Å². The smallest absolute Gasteiger partial charge is 0.243 e. The van der Waals surface area contributed by atoms with Crippen LogP contribution in [0, 0.1) is 5.41 Å². The van der Waals surface area contributed by atoms with E-state index in [1.54, 1.807) is 6.07 Å². The largest absolute Gasteiger partial charge is 0.493 e. The molecule has 0 bridgehead atoms. The van der Waals surface area contributed by atoms with E-state index in [1.165, 1.54) is 30.7 Å². The fourth-order valence-corrected chi connectivity index (χ4v) is 5.02. The second-order valence-corrected chi connectivity index (χ2v) is 9.59. The molecular weight excluding hydrogens is 404 g/mol. The fraction of sp³-hybridized carbons (Fsp3) is 0.409. The second-order valence-electron chi connectivity index (χ2n) is 7.65. The number of carbonyl (C=O) groups excluding carboxylic acids is 1. The highest BCUT2D eigenvalue weighted by Gasteiger charge is 2.40. The molecule has 1 aliphatic heterocycles. The lowest BCUT2D eigenvalue weighted by molar-refractivity contribution is -0.132. The van der Waals surface area contributed by atoms with Gasteiger partial charge in [-0.05, 0) is 30.5 Å². The molecular formula is C22H28N2O5S. The van der Waals surface area contributed by atoms with Crippen LogP contribution in [-0.2, 0) is 21.4 Å². The summed E-state index contributed by atoms with van der Waals surface area (Å²) < 4.78 is 38.0. The summed E-state index contributed by atoms with van der Waals surface area (Å²) in [6.07, 6.45) is 0.917. The number of nitrogens with one attached hydrogen (secondary N) is 1. The van der Waals surface area contributed by atoms with Gasteiger partial charge in [0.05, 0.1) is 19.1 Å². The third-order valence-electron chi connectivity index (χ3n) is 5.66. The molecule has 0 atom stereocenters. The normalized spacial score (nSPS) is 16.6. The van der Waals surface area contributed by atoms with Crippen molar-refractivity contribution in [3.8, 4) is 11.5 Å². The number of methoxy groups -OCH3 is 2. The maximum absolute atomic E-state index is 13.1. The summed E-state index contributed by atoms with van der Waals surface area (Å²) in [7, 11) is -0.717. The molecule has 2 aromatic rings. The third kappa shape index (κ3) is 4.60. The molecule has 0 radical (unpaired) electrons. The molecule has 1 fully saturated rings. The summed E-state index contributed by atoms with van der Waals surface area (Å²) >= 11 is 0. The van der Waals surface area contributed by atoms with Crippen molar-refractivity contribution in [3.05, 3.63) is 54.1 Å². The first-order valence-corrected chi connectivity index (χ1v) is 11.3. The van der Waals surface area contributed by atoms with Gasteiger partial charge in [0.15, 0.2) is 11.5 Å². The minimum Gasteiger partial charge on any atom is -0.493 e. The van der Waals surface area contributed by atoms with Gasteiger partial charge in [-0.3, -0.25) is 4.79 Å². The van der Waals surface area contributed by atoms with Crippen molar-refractivity contribution in [2.24, 2.45) is 5.41 Å². The summed E-state index contributed by atoms with van der Waals surface area (Å²) in [5.74, 6) is 0.785. The topological polar surface area (TPSA) is 84.9 Å². The molecule has 1 amide bonds. The van der Waals surface area contributed by atoms with Crippen LogP contribution < -0.4 is 14.8 Å². The highest BCUT2D eigenvalue weighted by atomic mass is 32.2. The summed E-state index contributed by atoms with van der Waals surface area (Å²) in [5.41, 5.74) is 0.432. The average molecular weight is 433 g/mol. The van der Waals surface area contributed by atoms with Gasteiger partial charge in [-0.25, -0.2) is 8.42 Å². The van der Waals surface area contributed by atoms with E-state index >= 15 is 0 Å². The van der Waals surface area contributed by atoms with Crippen LogP contribution in [0.2, 0.25) is 0 Å². The summed E-state index contributed by atoms with van der Waals surface area (Å²) in [6.45, 7) is 2.93. The Balaban J connectivity index is 1.65. The molecule has 0 saturated carbocycles. The number of sulfonamides is 1. The van der Waals surface area contributed by atoms with Crippen molar-refractivity contribution in [1.82, 2.24) is 9.62 Å². The number of hydrogen-bond donors (Lipinski definition) is 1. The number of hydrogen-bond acceptors (Lipinski definition) is 5. The van der Waals surface area contributed by atoms with Crippen molar-refractivity contribution >= 4 is 15.9 Å². The predicted molar refractivity (Wildman–Crippen MR) is 114 cm³/mol. The van der Waals surface area contributed by atoms with Gasteiger partial charge in [0.25, 0.3) is 0 Å². The van der Waals surface area contributed by atoms with Crippen molar-refractivity contribution in [1.29, 1.82) is 0 Å². The van der Waals surface area contributed by atoms with E-state index in [1.807, 2.05) is 37.3 Å². The number of nitrogens with zero attached hydrogens (tertiary/aromatic N) is 1. The Morgan fingerprint density at radius 3 is 2.27 bits per heavy atom. The fourth-order valence-electron chi connectivity index (χ4n) is 3.56. The molecule has 0 aromatic heterocycles. The lowest BCUT2D eigenvalue weighted by Crippen LogP contribution is -2.48.